The first-order valence-corrected chi connectivity index (χ1v) is 8.59. The fourth-order valence-corrected chi connectivity index (χ4v) is 3.36. The van der Waals surface area contributed by atoms with Gasteiger partial charge >= 0.3 is 5.97 Å². The van der Waals surface area contributed by atoms with Crippen molar-refractivity contribution < 1.29 is 24.9 Å². The maximum atomic E-state index is 12.1. The van der Waals surface area contributed by atoms with E-state index in [0.29, 0.717) is 45.3 Å². The number of halogens is 1. The molecule has 6 N–H and O–H groups in total. The van der Waals surface area contributed by atoms with Crippen molar-refractivity contribution in [2.75, 3.05) is 12.3 Å². The van der Waals surface area contributed by atoms with E-state index in [0.717, 1.165) is 0 Å². The number of anilines is 1. The van der Waals surface area contributed by atoms with Crippen molar-refractivity contribution in [1.82, 2.24) is 4.98 Å². The average Bonchev–Trinajstić information content (AvgIpc) is 2.92. The number of nitrogens with one attached hydrogen (secondary N) is 1. The van der Waals surface area contributed by atoms with Crippen molar-refractivity contribution in [1.29, 1.82) is 0 Å². The van der Waals surface area contributed by atoms with Gasteiger partial charge in [-0.2, -0.15) is 0 Å². The molecular weight excluding hydrogens is 392 g/mol. The molecule has 7 nitrogen and oxygen atoms in total. The fraction of sp³-hybridized carbons (Fsp3) is 0.353. The Labute approximate surface area is 153 Å². The zero-order valence-electron chi connectivity index (χ0n) is 13.8. The minimum Gasteiger partial charge on any atom is -0.461 e. The molecule has 0 amide bonds. The number of aliphatic hydroxyl groups is 3. The molecule has 0 fully saturated rings. The number of aliphatic hydroxyl groups excluding tert-OH is 3. The Morgan fingerprint density at radius 2 is 1.88 bits per heavy atom. The quantitative estimate of drug-likeness (QED) is 0.442. The predicted molar refractivity (Wildman–Crippen MR) is 96.7 cm³/mol. The number of aromatic amines is 1. The molecule has 0 bridgehead atoms. The number of nitrogen functional groups attached to an aromatic ring is 1. The lowest BCUT2D eigenvalue weighted by Crippen LogP contribution is -2.07. The molecule has 2 aromatic rings. The van der Waals surface area contributed by atoms with Gasteiger partial charge in [-0.3, -0.25) is 0 Å². The zero-order chi connectivity index (χ0) is 18.6. The number of benzene rings is 1. The van der Waals surface area contributed by atoms with Crippen LogP contribution < -0.4 is 5.73 Å². The molecule has 25 heavy (non-hydrogen) atoms. The monoisotopic (exact) mass is 412 g/mol. The fourth-order valence-electron chi connectivity index (χ4n) is 2.67. The van der Waals surface area contributed by atoms with Gasteiger partial charge in [0.25, 0.3) is 0 Å². The smallest absolute Gasteiger partial charge is 0.356 e. The zero-order valence-corrected chi connectivity index (χ0v) is 15.4. The largest absolute Gasteiger partial charge is 0.461 e. The van der Waals surface area contributed by atoms with Crippen LogP contribution in [0.2, 0.25) is 0 Å². The third-order valence-corrected chi connectivity index (χ3v) is 4.69. The summed E-state index contributed by atoms with van der Waals surface area (Å²) in [7, 11) is 0. The van der Waals surface area contributed by atoms with Crippen LogP contribution >= 0.6 is 15.9 Å². The summed E-state index contributed by atoms with van der Waals surface area (Å²) in [5.74, 6) is -0.308. The Bertz CT molecular complexity index is 773. The van der Waals surface area contributed by atoms with E-state index in [4.69, 9.17) is 10.5 Å². The molecule has 0 unspecified atom stereocenters. The first kappa shape index (κ1) is 19.5. The molecule has 1 aromatic carbocycles. The van der Waals surface area contributed by atoms with Gasteiger partial charge in [0.05, 0.1) is 30.9 Å². The Morgan fingerprint density at radius 1 is 1.20 bits per heavy atom. The van der Waals surface area contributed by atoms with Gasteiger partial charge in [0.15, 0.2) is 0 Å². The van der Waals surface area contributed by atoms with Gasteiger partial charge in [0.2, 0.25) is 0 Å². The highest BCUT2D eigenvalue weighted by atomic mass is 79.9. The van der Waals surface area contributed by atoms with Gasteiger partial charge in [0.1, 0.15) is 11.5 Å². The van der Waals surface area contributed by atoms with Crippen molar-refractivity contribution in [2.45, 2.75) is 33.2 Å². The summed E-state index contributed by atoms with van der Waals surface area (Å²) >= 11 is 3.37. The molecule has 2 rings (SSSR count). The molecule has 0 spiro atoms. The van der Waals surface area contributed by atoms with Crippen LogP contribution in [0.15, 0.2) is 16.6 Å². The molecular formula is C17H21BrN2O5. The maximum absolute atomic E-state index is 12.1. The van der Waals surface area contributed by atoms with Crippen LogP contribution in [-0.2, 0) is 24.6 Å². The van der Waals surface area contributed by atoms with Gasteiger partial charge < -0.3 is 30.8 Å². The summed E-state index contributed by atoms with van der Waals surface area (Å²) in [6.07, 6.45) is 0.698. The van der Waals surface area contributed by atoms with Gasteiger partial charge in [-0.05, 0) is 44.6 Å². The number of rotatable bonds is 7. The van der Waals surface area contributed by atoms with E-state index in [-0.39, 0.29) is 31.3 Å². The lowest BCUT2D eigenvalue weighted by atomic mass is 9.93. The average molecular weight is 413 g/mol. The lowest BCUT2D eigenvalue weighted by Gasteiger charge is -2.15. The van der Waals surface area contributed by atoms with E-state index < -0.39 is 5.97 Å². The van der Waals surface area contributed by atoms with E-state index >= 15 is 0 Å². The van der Waals surface area contributed by atoms with Crippen LogP contribution in [0.25, 0.3) is 11.1 Å². The molecule has 0 atom stereocenters. The van der Waals surface area contributed by atoms with E-state index in [2.05, 4.69) is 20.9 Å². The van der Waals surface area contributed by atoms with Crippen molar-refractivity contribution in [3.8, 4) is 11.1 Å². The molecule has 0 aliphatic carbocycles. The number of H-pyrrole nitrogens is 1. The molecule has 0 radical (unpaired) electrons. The number of carbonyl (C=O) groups is 1. The normalized spacial score (nSPS) is 10.9. The third kappa shape index (κ3) is 3.72. The number of hydrogen-bond acceptors (Lipinski definition) is 6. The standard InChI is InChI=1S/C17H21BrN2O5/c1-2-5-25-17(24)15-14(18)13(16(19)20-15)10-4-3-9(6-21)11(7-22)12(10)8-23/h3-4,20-23H,2,5-8,19H2,1H3. The van der Waals surface area contributed by atoms with Gasteiger partial charge in [0, 0.05) is 5.56 Å². The molecule has 136 valence electrons. The Hall–Kier alpha value is -1.87. The van der Waals surface area contributed by atoms with Crippen LogP contribution in [0.4, 0.5) is 5.82 Å². The first-order chi connectivity index (χ1) is 12.0. The number of hydrogen-bond donors (Lipinski definition) is 5. The number of esters is 1. The molecule has 1 heterocycles. The predicted octanol–water partition coefficient (Wildman–Crippen LogP) is 2.07. The van der Waals surface area contributed by atoms with Gasteiger partial charge in [-0.15, -0.1) is 0 Å². The topological polar surface area (TPSA) is 129 Å². The van der Waals surface area contributed by atoms with E-state index in [1.165, 1.54) is 0 Å². The third-order valence-electron chi connectivity index (χ3n) is 3.89. The van der Waals surface area contributed by atoms with Crippen LogP contribution in [-0.4, -0.2) is 32.9 Å². The maximum Gasteiger partial charge on any atom is 0.356 e. The van der Waals surface area contributed by atoms with Crippen LogP contribution in [0.1, 0.15) is 40.5 Å². The number of ether oxygens (including phenoxy) is 1. The van der Waals surface area contributed by atoms with Crippen molar-refractivity contribution in [3.05, 3.63) is 39.0 Å². The minimum atomic E-state index is -0.536. The summed E-state index contributed by atoms with van der Waals surface area (Å²) in [4.78, 5) is 14.9. The van der Waals surface area contributed by atoms with E-state index in [9.17, 15) is 20.1 Å². The second kappa shape index (κ2) is 8.48. The highest BCUT2D eigenvalue weighted by Gasteiger charge is 2.24. The van der Waals surface area contributed by atoms with Crippen molar-refractivity contribution in [3.63, 3.8) is 0 Å². The Balaban J connectivity index is 2.60. The number of nitrogens with two attached hydrogens (primary N) is 1. The molecule has 0 saturated carbocycles. The minimum absolute atomic E-state index is 0.182. The Kier molecular flexibility index (Phi) is 6.60. The second-order valence-corrected chi connectivity index (χ2v) is 6.24. The van der Waals surface area contributed by atoms with E-state index in [1.807, 2.05) is 6.92 Å². The SMILES string of the molecule is CCCOC(=O)c1[nH]c(N)c(-c2ccc(CO)c(CO)c2CO)c1Br. The van der Waals surface area contributed by atoms with Crippen LogP contribution in [0.3, 0.4) is 0 Å². The molecule has 0 aliphatic heterocycles. The lowest BCUT2D eigenvalue weighted by molar-refractivity contribution is 0.0498. The molecule has 0 saturated heterocycles. The Morgan fingerprint density at radius 3 is 2.44 bits per heavy atom. The molecule has 8 heteroatoms. The summed E-state index contributed by atoms with van der Waals surface area (Å²) in [5, 5.41) is 28.8. The summed E-state index contributed by atoms with van der Waals surface area (Å²) in [5.41, 5.74) is 8.66. The summed E-state index contributed by atoms with van der Waals surface area (Å²) < 4.78 is 5.54. The second-order valence-electron chi connectivity index (χ2n) is 5.44. The van der Waals surface area contributed by atoms with Crippen molar-refractivity contribution >= 4 is 27.7 Å². The molecule has 1 aromatic heterocycles. The summed E-state index contributed by atoms with van der Waals surface area (Å²) in [6.45, 7) is 1.23. The van der Waals surface area contributed by atoms with Crippen LogP contribution in [0, 0.1) is 0 Å². The van der Waals surface area contributed by atoms with Gasteiger partial charge in [-0.25, -0.2) is 4.79 Å². The summed E-state index contributed by atoms with van der Waals surface area (Å²) in [6, 6.07) is 3.33. The number of carbonyl (C=O) groups excluding carboxylic acids is 1. The molecule has 0 aliphatic rings. The highest BCUT2D eigenvalue weighted by molar-refractivity contribution is 9.10. The number of aromatic nitrogens is 1. The first-order valence-electron chi connectivity index (χ1n) is 7.80. The van der Waals surface area contributed by atoms with Crippen LogP contribution in [0.5, 0.6) is 0 Å². The van der Waals surface area contributed by atoms with Crippen molar-refractivity contribution in [2.24, 2.45) is 0 Å². The van der Waals surface area contributed by atoms with E-state index in [1.54, 1.807) is 12.1 Å². The van der Waals surface area contributed by atoms with Gasteiger partial charge in [-0.1, -0.05) is 19.1 Å². The highest BCUT2D eigenvalue weighted by Crippen LogP contribution is 2.40.